The lowest BCUT2D eigenvalue weighted by Crippen LogP contribution is -2.34. The number of aliphatic carboxylic acids is 1. The lowest BCUT2D eigenvalue weighted by molar-refractivity contribution is -0.138. The molecule has 0 aliphatic carbocycles. The van der Waals surface area contributed by atoms with Gasteiger partial charge in [-0.15, -0.1) is 0 Å². The standard InChI is InChI=1S/C13H21N3O3/c1-10-12(11(2)19-14-10)8-15-4-3-5-16(7-6-15)9-13(17)18/h3-9H2,1-2H3,(H,17,18). The van der Waals surface area contributed by atoms with Crippen molar-refractivity contribution in [2.24, 2.45) is 0 Å². The second kappa shape index (κ2) is 6.16. The maximum atomic E-state index is 10.7. The SMILES string of the molecule is Cc1noc(C)c1CN1CCCN(CC(=O)O)CC1. The predicted octanol–water partition coefficient (Wildman–Crippen LogP) is 0.884. The summed E-state index contributed by atoms with van der Waals surface area (Å²) in [6, 6.07) is 0. The molecule has 0 unspecified atom stereocenters. The first-order valence-electron chi connectivity index (χ1n) is 6.64. The molecule has 1 saturated heterocycles. The molecule has 0 saturated carbocycles. The van der Waals surface area contributed by atoms with E-state index in [4.69, 9.17) is 9.63 Å². The van der Waals surface area contributed by atoms with Crippen molar-refractivity contribution in [1.29, 1.82) is 0 Å². The minimum Gasteiger partial charge on any atom is -0.480 e. The molecular weight excluding hydrogens is 246 g/mol. The topological polar surface area (TPSA) is 69.8 Å². The van der Waals surface area contributed by atoms with Crippen LogP contribution in [0, 0.1) is 13.8 Å². The van der Waals surface area contributed by atoms with Gasteiger partial charge in [-0.1, -0.05) is 5.16 Å². The lowest BCUT2D eigenvalue weighted by Gasteiger charge is -2.20. The zero-order valence-corrected chi connectivity index (χ0v) is 11.6. The number of aryl methyl sites for hydroxylation is 2. The van der Waals surface area contributed by atoms with Crippen LogP contribution in [0.4, 0.5) is 0 Å². The fraction of sp³-hybridized carbons (Fsp3) is 0.692. The first-order chi connectivity index (χ1) is 9.06. The summed E-state index contributed by atoms with van der Waals surface area (Å²) < 4.78 is 5.18. The molecule has 0 amide bonds. The maximum absolute atomic E-state index is 10.7. The normalized spacial score (nSPS) is 18.4. The van der Waals surface area contributed by atoms with Gasteiger partial charge in [0.05, 0.1) is 12.2 Å². The van der Waals surface area contributed by atoms with Crippen LogP contribution in [0.1, 0.15) is 23.4 Å². The fourth-order valence-corrected chi connectivity index (χ4v) is 2.48. The number of rotatable bonds is 4. The van der Waals surface area contributed by atoms with E-state index in [2.05, 4.69) is 10.1 Å². The van der Waals surface area contributed by atoms with Crippen molar-refractivity contribution in [2.45, 2.75) is 26.8 Å². The smallest absolute Gasteiger partial charge is 0.317 e. The molecule has 1 aromatic heterocycles. The number of carboxylic acids is 1. The number of hydrogen-bond donors (Lipinski definition) is 1. The van der Waals surface area contributed by atoms with Gasteiger partial charge in [0.15, 0.2) is 0 Å². The summed E-state index contributed by atoms with van der Waals surface area (Å²) in [6.07, 6.45) is 0.997. The number of nitrogens with zero attached hydrogens (tertiary/aromatic N) is 3. The molecule has 1 aliphatic rings. The second-order valence-electron chi connectivity index (χ2n) is 5.10. The Kier molecular flexibility index (Phi) is 4.55. The van der Waals surface area contributed by atoms with Crippen LogP contribution in [0.5, 0.6) is 0 Å². The zero-order chi connectivity index (χ0) is 13.8. The van der Waals surface area contributed by atoms with E-state index in [1.54, 1.807) is 0 Å². The van der Waals surface area contributed by atoms with Crippen LogP contribution < -0.4 is 0 Å². The molecule has 0 atom stereocenters. The van der Waals surface area contributed by atoms with Crippen molar-refractivity contribution in [3.05, 3.63) is 17.0 Å². The predicted molar refractivity (Wildman–Crippen MR) is 69.9 cm³/mol. The van der Waals surface area contributed by atoms with E-state index in [1.165, 1.54) is 0 Å². The van der Waals surface area contributed by atoms with E-state index in [0.717, 1.165) is 56.2 Å². The number of carbonyl (C=O) groups is 1. The Morgan fingerprint density at radius 2 is 1.95 bits per heavy atom. The third kappa shape index (κ3) is 3.78. The van der Waals surface area contributed by atoms with Crippen LogP contribution in [0.15, 0.2) is 4.52 Å². The molecular formula is C13H21N3O3. The molecule has 0 bridgehead atoms. The zero-order valence-electron chi connectivity index (χ0n) is 11.6. The van der Waals surface area contributed by atoms with Crippen molar-refractivity contribution in [3.8, 4) is 0 Å². The Balaban J connectivity index is 1.91. The monoisotopic (exact) mass is 267 g/mol. The maximum Gasteiger partial charge on any atom is 0.317 e. The molecule has 2 rings (SSSR count). The summed E-state index contributed by atoms with van der Waals surface area (Å²) in [5.41, 5.74) is 2.11. The highest BCUT2D eigenvalue weighted by Gasteiger charge is 2.19. The molecule has 1 N–H and O–H groups in total. The summed E-state index contributed by atoms with van der Waals surface area (Å²) in [6.45, 7) is 8.39. The van der Waals surface area contributed by atoms with Gasteiger partial charge in [0, 0.05) is 31.7 Å². The molecule has 19 heavy (non-hydrogen) atoms. The summed E-state index contributed by atoms with van der Waals surface area (Å²) in [5, 5.41) is 12.8. The van der Waals surface area contributed by atoms with E-state index in [0.29, 0.717) is 0 Å². The van der Waals surface area contributed by atoms with Crippen LogP contribution >= 0.6 is 0 Å². The van der Waals surface area contributed by atoms with Crippen molar-refractivity contribution < 1.29 is 14.4 Å². The number of aromatic nitrogens is 1. The average molecular weight is 267 g/mol. The quantitative estimate of drug-likeness (QED) is 0.873. The van der Waals surface area contributed by atoms with E-state index in [9.17, 15) is 4.79 Å². The summed E-state index contributed by atoms with van der Waals surface area (Å²) in [5.74, 6) is 0.128. The molecule has 0 aromatic carbocycles. The van der Waals surface area contributed by atoms with Gasteiger partial charge in [0.1, 0.15) is 5.76 Å². The Morgan fingerprint density at radius 1 is 1.26 bits per heavy atom. The molecule has 106 valence electrons. The highest BCUT2D eigenvalue weighted by Crippen LogP contribution is 2.16. The molecule has 6 nitrogen and oxygen atoms in total. The van der Waals surface area contributed by atoms with Gasteiger partial charge < -0.3 is 9.63 Å². The molecule has 2 heterocycles. The van der Waals surface area contributed by atoms with E-state index in [1.807, 2.05) is 18.7 Å². The highest BCUT2D eigenvalue weighted by molar-refractivity contribution is 5.69. The molecule has 6 heteroatoms. The Hall–Kier alpha value is -1.40. The first-order valence-corrected chi connectivity index (χ1v) is 6.64. The van der Waals surface area contributed by atoms with Gasteiger partial charge in [-0.25, -0.2) is 0 Å². The van der Waals surface area contributed by atoms with Crippen LogP contribution in [0.3, 0.4) is 0 Å². The van der Waals surface area contributed by atoms with Crippen LogP contribution in [-0.4, -0.2) is 58.8 Å². The van der Waals surface area contributed by atoms with Gasteiger partial charge in [0.2, 0.25) is 0 Å². The average Bonchev–Trinajstić information content (AvgIpc) is 2.55. The van der Waals surface area contributed by atoms with E-state index >= 15 is 0 Å². The van der Waals surface area contributed by atoms with Crippen molar-refractivity contribution >= 4 is 5.97 Å². The third-order valence-electron chi connectivity index (χ3n) is 3.60. The van der Waals surface area contributed by atoms with Crippen molar-refractivity contribution in [3.63, 3.8) is 0 Å². The Bertz CT molecular complexity index is 425. The van der Waals surface area contributed by atoms with Crippen LogP contribution in [0.2, 0.25) is 0 Å². The van der Waals surface area contributed by atoms with E-state index in [-0.39, 0.29) is 6.54 Å². The molecule has 1 aliphatic heterocycles. The second-order valence-corrected chi connectivity index (χ2v) is 5.10. The Labute approximate surface area is 113 Å². The van der Waals surface area contributed by atoms with Crippen molar-refractivity contribution in [2.75, 3.05) is 32.7 Å². The third-order valence-corrected chi connectivity index (χ3v) is 3.60. The van der Waals surface area contributed by atoms with Gasteiger partial charge >= 0.3 is 5.97 Å². The van der Waals surface area contributed by atoms with Gasteiger partial charge in [-0.05, 0) is 26.8 Å². The van der Waals surface area contributed by atoms with Crippen molar-refractivity contribution in [1.82, 2.24) is 15.0 Å². The van der Waals surface area contributed by atoms with Gasteiger partial charge in [0.25, 0.3) is 0 Å². The van der Waals surface area contributed by atoms with Crippen LogP contribution in [-0.2, 0) is 11.3 Å². The number of carboxylic acid groups (broad SMARTS) is 1. The molecule has 0 spiro atoms. The fourth-order valence-electron chi connectivity index (χ4n) is 2.48. The number of hydrogen-bond acceptors (Lipinski definition) is 5. The van der Waals surface area contributed by atoms with Gasteiger partial charge in [-0.2, -0.15) is 0 Å². The summed E-state index contributed by atoms with van der Waals surface area (Å²) in [4.78, 5) is 15.1. The van der Waals surface area contributed by atoms with Gasteiger partial charge in [-0.3, -0.25) is 14.6 Å². The molecule has 1 fully saturated rings. The van der Waals surface area contributed by atoms with E-state index < -0.39 is 5.97 Å². The minimum absolute atomic E-state index is 0.138. The minimum atomic E-state index is -0.751. The van der Waals surface area contributed by atoms with Crippen LogP contribution in [0.25, 0.3) is 0 Å². The molecule has 1 aromatic rings. The highest BCUT2D eigenvalue weighted by atomic mass is 16.5. The lowest BCUT2D eigenvalue weighted by atomic mass is 10.2. The first kappa shape index (κ1) is 14.0. The largest absolute Gasteiger partial charge is 0.480 e. The summed E-state index contributed by atoms with van der Waals surface area (Å²) >= 11 is 0. The summed E-state index contributed by atoms with van der Waals surface area (Å²) in [7, 11) is 0. The Morgan fingerprint density at radius 3 is 2.58 bits per heavy atom. The molecule has 0 radical (unpaired) electrons.